The molecule has 8 nitrogen and oxygen atoms in total. The highest BCUT2D eigenvalue weighted by Crippen LogP contribution is 2.22. The third kappa shape index (κ3) is 9.02. The number of amides is 2. The molecule has 1 aliphatic heterocycles. The summed E-state index contributed by atoms with van der Waals surface area (Å²) in [4.78, 5) is 34.3. The van der Waals surface area contributed by atoms with Gasteiger partial charge in [0.25, 0.3) is 0 Å². The molecule has 0 aliphatic carbocycles. The van der Waals surface area contributed by atoms with Crippen molar-refractivity contribution < 1.29 is 9.59 Å². The summed E-state index contributed by atoms with van der Waals surface area (Å²) in [6.45, 7) is 7.90. The standard InChI is InChI=1S/C37H48N6O2/c1-26(2)41-33(15-6-9-22-43-20-7-3-8-21-43)37(45)42-34(24-29-13-10-12-28-11-4-5-14-31(28)29)36(44)40-25-27-16-17-32-30(23-27)18-19-39-35(32)38/h4-5,10-14,16-19,23,26,33-34,41H,3,6-9,15,20-22,24-25H2,1-2H3,(H2,38,39)(H,40,44)(H,42,45)/t33-,34+/m1/s1. The molecule has 238 valence electrons. The highest BCUT2D eigenvalue weighted by Gasteiger charge is 2.27. The van der Waals surface area contributed by atoms with Crippen LogP contribution in [0.2, 0.25) is 0 Å². The zero-order valence-corrected chi connectivity index (χ0v) is 26.7. The number of fused-ring (bicyclic) bond motifs is 2. The topological polar surface area (TPSA) is 112 Å². The molecule has 3 aromatic carbocycles. The number of anilines is 1. The number of hydrogen-bond donors (Lipinski definition) is 4. The van der Waals surface area contributed by atoms with Crippen molar-refractivity contribution in [3.05, 3.63) is 84.1 Å². The maximum Gasteiger partial charge on any atom is 0.243 e. The van der Waals surface area contributed by atoms with E-state index in [-0.39, 0.29) is 23.9 Å². The third-order valence-corrected chi connectivity index (χ3v) is 8.78. The molecule has 0 unspecified atom stereocenters. The minimum Gasteiger partial charge on any atom is -0.383 e. The van der Waals surface area contributed by atoms with E-state index in [0.717, 1.165) is 58.5 Å². The van der Waals surface area contributed by atoms with Crippen LogP contribution in [0.3, 0.4) is 0 Å². The molecule has 0 bridgehead atoms. The van der Waals surface area contributed by atoms with Crippen LogP contribution in [0.4, 0.5) is 5.82 Å². The van der Waals surface area contributed by atoms with Gasteiger partial charge in [0.2, 0.25) is 11.8 Å². The molecule has 2 amide bonds. The van der Waals surface area contributed by atoms with E-state index in [9.17, 15) is 9.59 Å². The van der Waals surface area contributed by atoms with Crippen molar-refractivity contribution in [2.75, 3.05) is 25.4 Å². The molecule has 1 fully saturated rings. The van der Waals surface area contributed by atoms with Gasteiger partial charge >= 0.3 is 0 Å². The zero-order valence-electron chi connectivity index (χ0n) is 26.7. The molecule has 8 heteroatoms. The molecule has 5 N–H and O–H groups in total. The number of pyridine rings is 1. The Kier molecular flexibility index (Phi) is 11.4. The van der Waals surface area contributed by atoms with Crippen LogP contribution in [0.15, 0.2) is 72.9 Å². The molecule has 45 heavy (non-hydrogen) atoms. The van der Waals surface area contributed by atoms with Gasteiger partial charge in [0.1, 0.15) is 11.9 Å². The van der Waals surface area contributed by atoms with Crippen LogP contribution in [0.25, 0.3) is 21.5 Å². The van der Waals surface area contributed by atoms with Crippen molar-refractivity contribution in [3.63, 3.8) is 0 Å². The van der Waals surface area contributed by atoms with Crippen molar-refractivity contribution in [2.24, 2.45) is 0 Å². The molecule has 0 radical (unpaired) electrons. The van der Waals surface area contributed by atoms with Crippen molar-refractivity contribution in [1.29, 1.82) is 0 Å². The number of rotatable bonds is 14. The molecule has 4 aromatic rings. The number of hydrogen-bond acceptors (Lipinski definition) is 6. The summed E-state index contributed by atoms with van der Waals surface area (Å²) < 4.78 is 0. The second kappa shape index (κ2) is 15.8. The number of carbonyl (C=O) groups is 2. The summed E-state index contributed by atoms with van der Waals surface area (Å²) in [5.74, 6) is 0.145. The number of likely N-dealkylation sites (tertiary alicyclic amines) is 1. The molecular weight excluding hydrogens is 560 g/mol. The predicted octanol–water partition coefficient (Wildman–Crippen LogP) is 5.34. The van der Waals surface area contributed by atoms with Gasteiger partial charge in [-0.2, -0.15) is 0 Å². The number of aromatic nitrogens is 1. The fraction of sp³-hybridized carbons (Fsp3) is 0.432. The van der Waals surface area contributed by atoms with Crippen molar-refractivity contribution in [3.8, 4) is 0 Å². The normalized spacial score (nSPS) is 15.3. The highest BCUT2D eigenvalue weighted by atomic mass is 16.2. The summed E-state index contributed by atoms with van der Waals surface area (Å²) in [5.41, 5.74) is 8.00. The minimum atomic E-state index is -0.728. The fourth-order valence-electron chi connectivity index (χ4n) is 6.40. The molecule has 1 saturated heterocycles. The Morgan fingerprint density at radius 3 is 2.49 bits per heavy atom. The van der Waals surface area contributed by atoms with Crippen molar-refractivity contribution >= 4 is 39.2 Å². The molecule has 2 heterocycles. The maximum atomic E-state index is 13.8. The first kappa shape index (κ1) is 32.4. The van der Waals surface area contributed by atoms with Gasteiger partial charge in [-0.25, -0.2) is 4.98 Å². The van der Waals surface area contributed by atoms with Crippen LogP contribution in [0, 0.1) is 0 Å². The van der Waals surface area contributed by atoms with Gasteiger partial charge < -0.3 is 26.6 Å². The second-order valence-corrected chi connectivity index (χ2v) is 12.6. The number of carbonyl (C=O) groups excluding carboxylic acids is 2. The average molecular weight is 609 g/mol. The summed E-state index contributed by atoms with van der Waals surface area (Å²) in [5, 5.41) is 13.8. The minimum absolute atomic E-state index is 0.129. The van der Waals surface area contributed by atoms with Gasteiger partial charge in [0, 0.05) is 30.6 Å². The number of nitrogens with one attached hydrogen (secondary N) is 3. The molecule has 0 saturated carbocycles. The van der Waals surface area contributed by atoms with E-state index >= 15 is 0 Å². The smallest absolute Gasteiger partial charge is 0.243 e. The van der Waals surface area contributed by atoms with E-state index in [4.69, 9.17) is 5.73 Å². The first-order valence-electron chi connectivity index (χ1n) is 16.5. The van der Waals surface area contributed by atoms with E-state index < -0.39 is 6.04 Å². The lowest BCUT2D eigenvalue weighted by Crippen LogP contribution is -2.54. The van der Waals surface area contributed by atoms with Gasteiger partial charge in [-0.3, -0.25) is 9.59 Å². The number of nitrogens with zero attached hydrogens (tertiary/aromatic N) is 2. The molecule has 0 spiro atoms. The number of unbranched alkanes of at least 4 members (excludes halogenated alkanes) is 1. The quantitative estimate of drug-likeness (QED) is 0.144. The number of nitrogens with two attached hydrogens (primary N) is 1. The maximum absolute atomic E-state index is 13.8. The van der Waals surface area contributed by atoms with Gasteiger partial charge in [0.15, 0.2) is 0 Å². The fourth-order valence-corrected chi connectivity index (χ4v) is 6.40. The SMILES string of the molecule is CC(C)N[C@H](CCCCN1CCCCC1)C(=O)N[C@@H](Cc1cccc2ccccc12)C(=O)NCc1ccc2c(N)nccc2c1. The first-order chi connectivity index (χ1) is 21.9. The van der Waals surface area contributed by atoms with Crippen molar-refractivity contribution in [2.45, 2.75) is 83.5 Å². The molecule has 1 aromatic heterocycles. The summed E-state index contributed by atoms with van der Waals surface area (Å²) >= 11 is 0. The van der Waals surface area contributed by atoms with Gasteiger partial charge in [-0.05, 0) is 84.7 Å². The van der Waals surface area contributed by atoms with E-state index in [2.05, 4.69) is 57.9 Å². The molecule has 5 rings (SSSR count). The lowest BCUT2D eigenvalue weighted by molar-refractivity contribution is -0.130. The van der Waals surface area contributed by atoms with Crippen LogP contribution < -0.4 is 21.7 Å². The average Bonchev–Trinajstić information content (AvgIpc) is 3.05. The van der Waals surface area contributed by atoms with Crippen molar-refractivity contribution in [1.82, 2.24) is 25.8 Å². The first-order valence-corrected chi connectivity index (χ1v) is 16.5. The Balaban J connectivity index is 1.29. The number of benzene rings is 3. The molecule has 1 aliphatic rings. The van der Waals surface area contributed by atoms with Crippen LogP contribution >= 0.6 is 0 Å². The Labute approximate surface area is 267 Å². The summed E-state index contributed by atoms with van der Waals surface area (Å²) in [6.07, 6.45) is 8.73. The summed E-state index contributed by atoms with van der Waals surface area (Å²) in [7, 11) is 0. The van der Waals surface area contributed by atoms with Crippen LogP contribution in [-0.4, -0.2) is 59.5 Å². The Bertz CT molecular complexity index is 1580. The second-order valence-electron chi connectivity index (χ2n) is 12.6. The third-order valence-electron chi connectivity index (χ3n) is 8.78. The number of nitrogen functional groups attached to an aromatic ring is 1. The van der Waals surface area contributed by atoms with Crippen LogP contribution in [0.5, 0.6) is 0 Å². The highest BCUT2D eigenvalue weighted by molar-refractivity contribution is 5.93. The van der Waals surface area contributed by atoms with E-state index in [1.807, 2.05) is 48.5 Å². The Hall–Kier alpha value is -4.01. The van der Waals surface area contributed by atoms with Gasteiger partial charge in [-0.1, -0.05) is 81.3 Å². The summed E-state index contributed by atoms with van der Waals surface area (Å²) in [6, 6.07) is 21.1. The largest absolute Gasteiger partial charge is 0.383 e. The molecule has 2 atom stereocenters. The number of piperidine rings is 1. The van der Waals surface area contributed by atoms with Crippen LogP contribution in [0.1, 0.15) is 63.5 Å². The van der Waals surface area contributed by atoms with E-state index in [0.29, 0.717) is 18.8 Å². The van der Waals surface area contributed by atoms with E-state index in [1.54, 1.807) is 6.20 Å². The molecular formula is C37H48N6O2. The van der Waals surface area contributed by atoms with Crippen LogP contribution in [-0.2, 0) is 22.6 Å². The van der Waals surface area contributed by atoms with E-state index in [1.165, 1.54) is 32.4 Å². The van der Waals surface area contributed by atoms with Gasteiger partial charge in [-0.15, -0.1) is 0 Å². The lowest BCUT2D eigenvalue weighted by atomic mass is 9.97. The Morgan fingerprint density at radius 2 is 1.67 bits per heavy atom. The monoisotopic (exact) mass is 608 g/mol. The zero-order chi connectivity index (χ0) is 31.6. The lowest BCUT2D eigenvalue weighted by Gasteiger charge is -2.27. The predicted molar refractivity (Wildman–Crippen MR) is 184 cm³/mol. The Morgan fingerprint density at radius 1 is 0.867 bits per heavy atom. The van der Waals surface area contributed by atoms with Gasteiger partial charge in [0.05, 0.1) is 6.04 Å².